The van der Waals surface area contributed by atoms with E-state index in [-0.39, 0.29) is 12.4 Å². The van der Waals surface area contributed by atoms with Crippen LogP contribution in [0.15, 0.2) is 42.6 Å². The smallest absolute Gasteiger partial charge is 0.293 e. The number of nitrogens with one attached hydrogen (secondary N) is 2. The predicted octanol–water partition coefficient (Wildman–Crippen LogP) is 4.40. The van der Waals surface area contributed by atoms with Crippen LogP contribution in [0.2, 0.25) is 10.0 Å². The number of aromatic nitrogens is 2. The zero-order chi connectivity index (χ0) is 21.7. The molecule has 0 aliphatic carbocycles. The van der Waals surface area contributed by atoms with E-state index in [4.69, 9.17) is 28.3 Å². The highest BCUT2D eigenvalue weighted by molar-refractivity contribution is 6.35. The van der Waals surface area contributed by atoms with Crippen molar-refractivity contribution in [3.05, 3.63) is 75.2 Å². The molecule has 0 saturated carbocycles. The van der Waals surface area contributed by atoms with E-state index in [1.165, 1.54) is 6.20 Å². The van der Waals surface area contributed by atoms with Gasteiger partial charge in [0.15, 0.2) is 0 Å². The number of aliphatic hydroxyl groups is 1. The van der Waals surface area contributed by atoms with Crippen molar-refractivity contribution in [1.82, 2.24) is 15.3 Å². The lowest BCUT2D eigenvalue weighted by atomic mass is 10.0. The Kier molecular flexibility index (Phi) is 7.39. The monoisotopic (exact) mass is 444 g/mol. The molecular formula is C22H22Cl2N4O2. The fourth-order valence-electron chi connectivity index (χ4n) is 3.15. The van der Waals surface area contributed by atoms with Crippen molar-refractivity contribution in [3.8, 4) is 11.3 Å². The summed E-state index contributed by atoms with van der Waals surface area (Å²) in [6, 6.07) is 10.7. The summed E-state index contributed by atoms with van der Waals surface area (Å²) in [5.41, 5.74) is 4.80. The Morgan fingerprint density at radius 1 is 1.10 bits per heavy atom. The van der Waals surface area contributed by atoms with Gasteiger partial charge in [-0.15, -0.1) is 0 Å². The third-order valence-corrected chi connectivity index (χ3v) is 5.08. The van der Waals surface area contributed by atoms with Gasteiger partial charge in [0.05, 0.1) is 17.3 Å². The number of aliphatic hydroxyl groups excluding tert-OH is 1. The van der Waals surface area contributed by atoms with Gasteiger partial charge in [-0.3, -0.25) is 4.79 Å². The van der Waals surface area contributed by atoms with E-state index < -0.39 is 5.91 Å². The molecule has 0 aliphatic rings. The van der Waals surface area contributed by atoms with Crippen molar-refractivity contribution in [3.63, 3.8) is 0 Å². The Labute approximate surface area is 185 Å². The highest BCUT2D eigenvalue weighted by Gasteiger charge is 2.15. The third-order valence-electron chi connectivity index (χ3n) is 4.51. The van der Waals surface area contributed by atoms with Gasteiger partial charge in [0.2, 0.25) is 5.82 Å². The Bertz CT molecular complexity index is 1050. The van der Waals surface area contributed by atoms with Crippen LogP contribution in [0.25, 0.3) is 11.3 Å². The molecule has 0 radical (unpaired) electrons. The maximum Gasteiger partial charge on any atom is 0.293 e. The number of benzene rings is 2. The average Bonchev–Trinajstić information content (AvgIpc) is 2.72. The van der Waals surface area contributed by atoms with E-state index in [1.54, 1.807) is 24.3 Å². The van der Waals surface area contributed by atoms with Gasteiger partial charge in [-0.1, -0.05) is 35.3 Å². The molecule has 0 saturated heterocycles. The number of rotatable bonds is 7. The molecule has 3 aromatic rings. The minimum Gasteiger partial charge on any atom is -0.395 e. The molecule has 156 valence electrons. The first-order valence-corrected chi connectivity index (χ1v) is 10.2. The molecule has 3 rings (SSSR count). The van der Waals surface area contributed by atoms with E-state index in [0.717, 1.165) is 22.4 Å². The van der Waals surface area contributed by atoms with E-state index in [9.17, 15) is 4.79 Å². The predicted molar refractivity (Wildman–Crippen MR) is 120 cm³/mol. The Hall–Kier alpha value is -2.51. The number of carbonyl (C=O) groups excluding carboxylic acids is 1. The topological polar surface area (TPSA) is 87.1 Å². The molecule has 30 heavy (non-hydrogen) atoms. The van der Waals surface area contributed by atoms with Gasteiger partial charge in [0.25, 0.3) is 5.91 Å². The van der Waals surface area contributed by atoms with E-state index in [2.05, 4.69) is 20.6 Å². The van der Waals surface area contributed by atoms with Crippen LogP contribution in [0, 0.1) is 13.8 Å². The Morgan fingerprint density at radius 3 is 2.53 bits per heavy atom. The van der Waals surface area contributed by atoms with Crippen molar-refractivity contribution >= 4 is 34.8 Å². The summed E-state index contributed by atoms with van der Waals surface area (Å²) < 4.78 is 0. The van der Waals surface area contributed by atoms with Crippen molar-refractivity contribution < 1.29 is 9.90 Å². The molecule has 0 unspecified atom stereocenters. The third kappa shape index (κ3) is 5.34. The van der Waals surface area contributed by atoms with E-state index >= 15 is 0 Å². The standard InChI is InChI=1S/C22H22Cl2N4O2/c1-13-9-15(12-25-7-8-29)10-14(2)20(13)28-22(30)21-26-6-5-19(27-21)17-11-16(23)3-4-18(17)24/h3-6,9-11,25,29H,7-8,12H2,1-2H3,(H,28,30). The molecule has 1 heterocycles. The van der Waals surface area contributed by atoms with Crippen LogP contribution in [0.5, 0.6) is 0 Å². The Balaban J connectivity index is 1.82. The number of hydrogen-bond acceptors (Lipinski definition) is 5. The van der Waals surface area contributed by atoms with Gasteiger partial charge < -0.3 is 15.7 Å². The van der Waals surface area contributed by atoms with Crippen LogP contribution < -0.4 is 10.6 Å². The first-order valence-electron chi connectivity index (χ1n) is 9.40. The summed E-state index contributed by atoms with van der Waals surface area (Å²) >= 11 is 12.3. The van der Waals surface area contributed by atoms with Crippen molar-refractivity contribution in [1.29, 1.82) is 0 Å². The summed E-state index contributed by atoms with van der Waals surface area (Å²) in [5.74, 6) is -0.372. The minimum atomic E-state index is -0.410. The first kappa shape index (κ1) is 22.2. The van der Waals surface area contributed by atoms with Gasteiger partial charge in [0.1, 0.15) is 0 Å². The van der Waals surface area contributed by atoms with E-state index in [1.807, 2.05) is 26.0 Å². The highest BCUT2D eigenvalue weighted by Crippen LogP contribution is 2.29. The van der Waals surface area contributed by atoms with Crippen LogP contribution in [0.3, 0.4) is 0 Å². The van der Waals surface area contributed by atoms with Crippen LogP contribution in [-0.2, 0) is 6.54 Å². The lowest BCUT2D eigenvalue weighted by Crippen LogP contribution is -2.19. The molecule has 3 N–H and O–H groups in total. The lowest BCUT2D eigenvalue weighted by Gasteiger charge is -2.14. The highest BCUT2D eigenvalue weighted by atomic mass is 35.5. The first-order chi connectivity index (χ1) is 14.4. The number of amides is 1. The largest absolute Gasteiger partial charge is 0.395 e. The maximum atomic E-state index is 12.8. The maximum absolute atomic E-state index is 12.8. The molecule has 0 aliphatic heterocycles. The molecule has 2 aromatic carbocycles. The summed E-state index contributed by atoms with van der Waals surface area (Å²) in [4.78, 5) is 21.3. The second-order valence-electron chi connectivity index (χ2n) is 6.85. The van der Waals surface area contributed by atoms with E-state index in [0.29, 0.717) is 34.4 Å². The van der Waals surface area contributed by atoms with Gasteiger partial charge in [-0.25, -0.2) is 9.97 Å². The molecule has 1 aromatic heterocycles. The van der Waals surface area contributed by atoms with Gasteiger partial charge in [-0.05, 0) is 54.8 Å². The van der Waals surface area contributed by atoms with Crippen molar-refractivity contribution in [2.75, 3.05) is 18.5 Å². The molecular weight excluding hydrogens is 423 g/mol. The van der Waals surface area contributed by atoms with Gasteiger partial charge in [-0.2, -0.15) is 0 Å². The van der Waals surface area contributed by atoms with Crippen LogP contribution in [0.4, 0.5) is 5.69 Å². The number of anilines is 1. The Morgan fingerprint density at radius 2 is 1.83 bits per heavy atom. The second kappa shape index (κ2) is 10.00. The molecule has 8 heteroatoms. The average molecular weight is 445 g/mol. The number of halogens is 2. The number of hydrogen-bond donors (Lipinski definition) is 3. The lowest BCUT2D eigenvalue weighted by molar-refractivity contribution is 0.101. The summed E-state index contributed by atoms with van der Waals surface area (Å²) in [6.07, 6.45) is 1.52. The molecule has 1 amide bonds. The number of carbonyl (C=O) groups is 1. The molecule has 0 spiro atoms. The summed E-state index contributed by atoms with van der Waals surface area (Å²) in [6.45, 7) is 5.12. The molecule has 0 atom stereocenters. The molecule has 0 bridgehead atoms. The molecule has 6 nitrogen and oxygen atoms in total. The SMILES string of the molecule is Cc1cc(CNCCO)cc(C)c1NC(=O)c1nccc(-c2cc(Cl)ccc2Cl)n1. The fraction of sp³-hybridized carbons (Fsp3) is 0.227. The molecule has 0 fully saturated rings. The zero-order valence-corrected chi connectivity index (χ0v) is 18.2. The summed E-state index contributed by atoms with van der Waals surface area (Å²) in [5, 5.41) is 16.0. The van der Waals surface area contributed by atoms with Gasteiger partial charge >= 0.3 is 0 Å². The van der Waals surface area contributed by atoms with Crippen molar-refractivity contribution in [2.24, 2.45) is 0 Å². The zero-order valence-electron chi connectivity index (χ0n) is 16.7. The summed E-state index contributed by atoms with van der Waals surface area (Å²) in [7, 11) is 0. The van der Waals surface area contributed by atoms with Crippen LogP contribution in [-0.4, -0.2) is 34.1 Å². The normalized spacial score (nSPS) is 10.8. The van der Waals surface area contributed by atoms with Gasteiger partial charge in [0, 0.05) is 35.6 Å². The van der Waals surface area contributed by atoms with Crippen molar-refractivity contribution in [2.45, 2.75) is 20.4 Å². The fourth-order valence-corrected chi connectivity index (χ4v) is 3.53. The number of aryl methyl sites for hydroxylation is 2. The quantitative estimate of drug-likeness (QED) is 0.470. The minimum absolute atomic E-state index is 0.0380. The second-order valence-corrected chi connectivity index (χ2v) is 7.69. The van der Waals surface area contributed by atoms with Crippen LogP contribution in [0.1, 0.15) is 27.3 Å². The van der Waals surface area contributed by atoms with Crippen LogP contribution >= 0.6 is 23.2 Å². The number of nitrogens with zero attached hydrogens (tertiary/aromatic N) is 2.